The van der Waals surface area contributed by atoms with Gasteiger partial charge in [0.25, 0.3) is 11.1 Å². The Balaban J connectivity index is 1.69. The van der Waals surface area contributed by atoms with Crippen LogP contribution in [0.15, 0.2) is 38.4 Å². The number of unbranched alkanes of at least 4 members (excludes halogenated alkanes) is 1. The number of para-hydroxylation sites is 1. The second-order valence-corrected chi connectivity index (χ2v) is 7.01. The van der Waals surface area contributed by atoms with Crippen LogP contribution in [0.5, 0.6) is 5.75 Å². The third-order valence-corrected chi connectivity index (χ3v) is 4.61. The van der Waals surface area contributed by atoms with E-state index in [0.717, 1.165) is 36.4 Å². The van der Waals surface area contributed by atoms with E-state index >= 15 is 0 Å². The topological polar surface area (TPSA) is 87.1 Å². The molecule has 0 radical (unpaired) electrons. The van der Waals surface area contributed by atoms with Crippen LogP contribution < -0.4 is 4.74 Å². The maximum atomic E-state index is 5.79. The van der Waals surface area contributed by atoms with E-state index in [1.165, 1.54) is 11.8 Å². The van der Waals surface area contributed by atoms with Crippen LogP contribution >= 0.6 is 11.8 Å². The van der Waals surface area contributed by atoms with E-state index < -0.39 is 0 Å². The Morgan fingerprint density at radius 1 is 1.19 bits per heavy atom. The molecule has 3 rings (SSSR count). The zero-order chi connectivity index (χ0) is 18.4. The largest absolute Gasteiger partial charge is 0.493 e. The summed E-state index contributed by atoms with van der Waals surface area (Å²) < 4.78 is 16.8. The van der Waals surface area contributed by atoms with Gasteiger partial charge in [-0.2, -0.15) is 4.98 Å². The van der Waals surface area contributed by atoms with Gasteiger partial charge in [-0.1, -0.05) is 42.4 Å². The van der Waals surface area contributed by atoms with Gasteiger partial charge in [-0.15, -0.1) is 10.2 Å². The lowest BCUT2D eigenvalue weighted by atomic mass is 10.2. The summed E-state index contributed by atoms with van der Waals surface area (Å²) in [5.41, 5.74) is 0.779. The molecule has 2 aromatic heterocycles. The molecule has 0 fully saturated rings. The van der Waals surface area contributed by atoms with E-state index in [0.29, 0.717) is 23.6 Å². The summed E-state index contributed by atoms with van der Waals surface area (Å²) in [7, 11) is 0. The molecule has 0 saturated carbocycles. The molecule has 2 heterocycles. The highest BCUT2D eigenvalue weighted by molar-refractivity contribution is 7.99. The summed E-state index contributed by atoms with van der Waals surface area (Å²) in [6.07, 6.45) is 2.98. The smallest absolute Gasteiger partial charge is 0.277 e. The van der Waals surface area contributed by atoms with Crippen molar-refractivity contribution in [1.82, 2.24) is 20.3 Å². The highest BCUT2D eigenvalue weighted by atomic mass is 32.2. The second kappa shape index (κ2) is 8.84. The summed E-state index contributed by atoms with van der Waals surface area (Å²) in [5.74, 6) is 2.46. The monoisotopic (exact) mass is 374 g/mol. The Morgan fingerprint density at radius 3 is 2.85 bits per heavy atom. The Morgan fingerprint density at radius 2 is 2.04 bits per heavy atom. The van der Waals surface area contributed by atoms with E-state index in [1.807, 2.05) is 38.1 Å². The summed E-state index contributed by atoms with van der Waals surface area (Å²) >= 11 is 1.39. The molecule has 1 atom stereocenters. The molecule has 138 valence electrons. The molecule has 0 N–H and O–H groups in total. The van der Waals surface area contributed by atoms with Gasteiger partial charge in [0.05, 0.1) is 17.4 Å². The van der Waals surface area contributed by atoms with Crippen molar-refractivity contribution in [3.63, 3.8) is 0 Å². The van der Waals surface area contributed by atoms with Crippen LogP contribution in [0.2, 0.25) is 0 Å². The Kier molecular flexibility index (Phi) is 6.27. The van der Waals surface area contributed by atoms with Crippen molar-refractivity contribution in [2.45, 2.75) is 50.5 Å². The minimum absolute atomic E-state index is 0.0756. The first-order valence-electron chi connectivity index (χ1n) is 8.76. The highest BCUT2D eigenvalue weighted by Crippen LogP contribution is 2.36. The van der Waals surface area contributed by atoms with Crippen molar-refractivity contribution < 1.29 is 13.7 Å². The molecule has 0 aliphatic heterocycles. The van der Waals surface area contributed by atoms with Gasteiger partial charge in [0.2, 0.25) is 5.89 Å². The van der Waals surface area contributed by atoms with Crippen molar-refractivity contribution in [3.8, 4) is 17.2 Å². The zero-order valence-electron chi connectivity index (χ0n) is 15.1. The molecule has 8 heteroatoms. The fourth-order valence-corrected chi connectivity index (χ4v) is 3.08. The number of rotatable bonds is 9. The first kappa shape index (κ1) is 18.4. The maximum Gasteiger partial charge on any atom is 0.277 e. The van der Waals surface area contributed by atoms with Gasteiger partial charge in [-0.05, 0) is 32.4 Å². The fourth-order valence-electron chi connectivity index (χ4n) is 2.36. The lowest BCUT2D eigenvalue weighted by Gasteiger charge is -2.06. The van der Waals surface area contributed by atoms with Gasteiger partial charge < -0.3 is 13.7 Å². The fraction of sp³-hybridized carbons (Fsp3) is 0.444. The van der Waals surface area contributed by atoms with Crippen LogP contribution in [0.4, 0.5) is 0 Å². The standard InChI is InChI=1S/C18H22N4O3S/c1-4-6-11-15-19-16(25-22-15)12(3)26-18-21-20-17(24-18)13-9-7-8-10-14(13)23-5-2/h7-10,12H,4-6,11H2,1-3H3. The maximum absolute atomic E-state index is 5.79. The SMILES string of the molecule is CCCCc1noc(C(C)Sc2nnc(-c3ccccc3OCC)o2)n1. The molecule has 26 heavy (non-hydrogen) atoms. The number of nitrogens with zero attached hydrogens (tertiary/aromatic N) is 4. The van der Waals surface area contributed by atoms with Crippen LogP contribution in [-0.2, 0) is 6.42 Å². The normalized spacial score (nSPS) is 12.3. The van der Waals surface area contributed by atoms with E-state index in [2.05, 4.69) is 27.3 Å². The average Bonchev–Trinajstić information content (AvgIpc) is 3.30. The Hall–Kier alpha value is -2.35. The number of hydrogen-bond donors (Lipinski definition) is 0. The van der Waals surface area contributed by atoms with Crippen molar-refractivity contribution in [1.29, 1.82) is 0 Å². The highest BCUT2D eigenvalue weighted by Gasteiger charge is 2.20. The molecular formula is C18H22N4O3S. The number of ether oxygens (including phenoxy) is 1. The molecule has 1 unspecified atom stereocenters. The zero-order valence-corrected chi connectivity index (χ0v) is 16.0. The molecule has 7 nitrogen and oxygen atoms in total. The van der Waals surface area contributed by atoms with Gasteiger partial charge in [-0.25, -0.2) is 0 Å². The lowest BCUT2D eigenvalue weighted by molar-refractivity contribution is 0.340. The lowest BCUT2D eigenvalue weighted by Crippen LogP contribution is -1.93. The quantitative estimate of drug-likeness (QED) is 0.497. The predicted molar refractivity (Wildman–Crippen MR) is 98.1 cm³/mol. The number of aromatic nitrogens is 4. The average molecular weight is 374 g/mol. The summed E-state index contributed by atoms with van der Waals surface area (Å²) in [4.78, 5) is 4.44. The first-order chi connectivity index (χ1) is 12.7. The van der Waals surface area contributed by atoms with Crippen LogP contribution in [-0.4, -0.2) is 26.9 Å². The van der Waals surface area contributed by atoms with Crippen molar-refractivity contribution >= 4 is 11.8 Å². The van der Waals surface area contributed by atoms with Gasteiger partial charge in [0.1, 0.15) is 5.75 Å². The predicted octanol–water partition coefficient (Wildman–Crippen LogP) is 4.71. The Bertz CT molecular complexity index is 833. The van der Waals surface area contributed by atoms with Crippen LogP contribution in [0.3, 0.4) is 0 Å². The third kappa shape index (κ3) is 4.43. The number of thioether (sulfide) groups is 1. The van der Waals surface area contributed by atoms with E-state index in [1.54, 1.807) is 0 Å². The summed E-state index contributed by atoms with van der Waals surface area (Å²) in [6.45, 7) is 6.62. The molecule has 0 amide bonds. The Labute approximate surface area is 156 Å². The molecule has 0 spiro atoms. The molecule has 3 aromatic rings. The van der Waals surface area contributed by atoms with E-state index in [-0.39, 0.29) is 5.25 Å². The molecule has 0 bridgehead atoms. The van der Waals surface area contributed by atoms with Crippen molar-refractivity contribution in [2.75, 3.05) is 6.61 Å². The number of aryl methyl sites for hydroxylation is 1. The van der Waals surface area contributed by atoms with Gasteiger partial charge >= 0.3 is 0 Å². The number of benzene rings is 1. The molecule has 0 aliphatic carbocycles. The third-order valence-electron chi connectivity index (χ3n) is 3.69. The van der Waals surface area contributed by atoms with E-state index in [4.69, 9.17) is 13.7 Å². The van der Waals surface area contributed by atoms with Crippen LogP contribution in [0.25, 0.3) is 11.5 Å². The summed E-state index contributed by atoms with van der Waals surface area (Å²) in [5, 5.41) is 12.6. The first-order valence-corrected chi connectivity index (χ1v) is 9.64. The van der Waals surface area contributed by atoms with Crippen LogP contribution in [0, 0.1) is 0 Å². The van der Waals surface area contributed by atoms with Gasteiger partial charge in [-0.3, -0.25) is 0 Å². The molecule has 0 saturated heterocycles. The van der Waals surface area contributed by atoms with Gasteiger partial charge in [0, 0.05) is 6.42 Å². The molecule has 0 aliphatic rings. The van der Waals surface area contributed by atoms with Crippen LogP contribution in [0.1, 0.15) is 50.6 Å². The van der Waals surface area contributed by atoms with Gasteiger partial charge in [0.15, 0.2) is 5.82 Å². The summed E-state index contributed by atoms with van der Waals surface area (Å²) in [6, 6.07) is 7.60. The second-order valence-electron chi connectivity index (χ2n) is 5.71. The van der Waals surface area contributed by atoms with Crippen molar-refractivity contribution in [2.24, 2.45) is 0 Å². The molecule has 1 aromatic carbocycles. The number of hydrogen-bond acceptors (Lipinski definition) is 8. The van der Waals surface area contributed by atoms with E-state index in [9.17, 15) is 0 Å². The minimum atomic E-state index is -0.0756. The van der Waals surface area contributed by atoms with Crippen molar-refractivity contribution in [3.05, 3.63) is 36.0 Å². The minimum Gasteiger partial charge on any atom is -0.493 e. The molecular weight excluding hydrogens is 352 g/mol.